The highest BCUT2D eigenvalue weighted by molar-refractivity contribution is 4.71. The van der Waals surface area contributed by atoms with Crippen LogP contribution in [0.15, 0.2) is 0 Å². The van der Waals surface area contributed by atoms with Crippen molar-refractivity contribution < 1.29 is 0 Å². The Morgan fingerprint density at radius 1 is 1.40 bits per heavy atom. The van der Waals surface area contributed by atoms with E-state index in [-0.39, 0.29) is 0 Å². The molecule has 60 valence electrons. The van der Waals surface area contributed by atoms with Crippen LogP contribution in [-0.4, -0.2) is 31.2 Å². The third-order valence-electron chi connectivity index (χ3n) is 2.19. The molecule has 1 saturated heterocycles. The summed E-state index contributed by atoms with van der Waals surface area (Å²) in [6.45, 7) is 3.77. The van der Waals surface area contributed by atoms with Gasteiger partial charge in [0.25, 0.3) is 0 Å². The Kier molecular flexibility index (Phi) is 3.12. The lowest BCUT2D eigenvalue weighted by Gasteiger charge is -2.30. The number of hydrogen-bond acceptors (Lipinski definition) is 3. The van der Waals surface area contributed by atoms with Crippen molar-refractivity contribution in [2.75, 3.05) is 26.3 Å². The van der Waals surface area contributed by atoms with Gasteiger partial charge >= 0.3 is 0 Å². The average molecular weight is 143 g/mol. The molecule has 0 aromatic heterocycles. The summed E-state index contributed by atoms with van der Waals surface area (Å²) in [5, 5.41) is 0. The second kappa shape index (κ2) is 3.91. The van der Waals surface area contributed by atoms with Gasteiger partial charge < -0.3 is 11.5 Å². The van der Waals surface area contributed by atoms with E-state index in [9.17, 15) is 0 Å². The Morgan fingerprint density at radius 2 is 2.20 bits per heavy atom. The molecular formula is C7H17N3. The van der Waals surface area contributed by atoms with Gasteiger partial charge in [0, 0.05) is 13.2 Å². The lowest BCUT2D eigenvalue weighted by molar-refractivity contribution is 0.182. The van der Waals surface area contributed by atoms with Gasteiger partial charge in [-0.25, -0.2) is 0 Å². The van der Waals surface area contributed by atoms with E-state index < -0.39 is 0 Å². The lowest BCUT2D eigenvalue weighted by Crippen LogP contribution is -2.41. The maximum absolute atomic E-state index is 5.55. The summed E-state index contributed by atoms with van der Waals surface area (Å²) in [5.41, 5.74) is 11.1. The number of nitrogens with two attached hydrogens (primary N) is 2. The van der Waals surface area contributed by atoms with Crippen LogP contribution < -0.4 is 11.5 Å². The maximum Gasteiger partial charge on any atom is 0.0455 e. The second-order valence-corrected chi connectivity index (χ2v) is 3.00. The molecule has 1 atom stereocenters. The Hall–Kier alpha value is -0.120. The molecule has 0 aromatic rings. The minimum Gasteiger partial charge on any atom is -0.330 e. The van der Waals surface area contributed by atoms with Gasteiger partial charge in [0.2, 0.25) is 0 Å². The van der Waals surface area contributed by atoms with Crippen LogP contribution in [0.4, 0.5) is 0 Å². The molecule has 3 heteroatoms. The highest BCUT2D eigenvalue weighted by atomic mass is 15.2. The van der Waals surface area contributed by atoms with Crippen LogP contribution >= 0.6 is 0 Å². The molecule has 0 amide bonds. The number of likely N-dealkylation sites (tertiary alicyclic amines) is 1. The second-order valence-electron chi connectivity index (χ2n) is 3.00. The molecule has 10 heavy (non-hydrogen) atoms. The predicted octanol–water partition coefficient (Wildman–Crippen LogP) is -0.427. The highest BCUT2D eigenvalue weighted by Gasteiger charge is 2.16. The summed E-state index contributed by atoms with van der Waals surface area (Å²) in [7, 11) is 0. The maximum atomic E-state index is 5.55. The molecule has 1 rings (SSSR count). The first kappa shape index (κ1) is 7.98. The summed E-state index contributed by atoms with van der Waals surface area (Å²) in [4.78, 5) is 2.26. The number of hydrogen-bond donors (Lipinski definition) is 2. The fourth-order valence-corrected chi connectivity index (χ4v) is 1.51. The highest BCUT2D eigenvalue weighted by Crippen LogP contribution is 2.13. The van der Waals surface area contributed by atoms with Gasteiger partial charge in [-0.2, -0.15) is 0 Å². The summed E-state index contributed by atoms with van der Waals surface area (Å²) in [6.07, 6.45) is 2.55. The fourth-order valence-electron chi connectivity index (χ4n) is 1.51. The summed E-state index contributed by atoms with van der Waals surface area (Å²) >= 11 is 0. The van der Waals surface area contributed by atoms with Crippen LogP contribution in [-0.2, 0) is 0 Å². The molecule has 4 N–H and O–H groups in total. The molecule has 0 spiro atoms. The van der Waals surface area contributed by atoms with Crippen molar-refractivity contribution in [3.05, 3.63) is 0 Å². The van der Waals surface area contributed by atoms with Crippen molar-refractivity contribution in [3.8, 4) is 0 Å². The van der Waals surface area contributed by atoms with Crippen LogP contribution in [0.1, 0.15) is 12.8 Å². The van der Waals surface area contributed by atoms with Crippen LogP contribution in [0, 0.1) is 5.92 Å². The van der Waals surface area contributed by atoms with Crippen molar-refractivity contribution in [2.24, 2.45) is 17.4 Å². The SMILES string of the molecule is NCC1CCCN(CN)C1. The first-order valence-corrected chi connectivity index (χ1v) is 3.99. The third kappa shape index (κ3) is 1.94. The van der Waals surface area contributed by atoms with E-state index >= 15 is 0 Å². The molecule has 3 nitrogen and oxygen atoms in total. The van der Waals surface area contributed by atoms with Gasteiger partial charge in [-0.1, -0.05) is 0 Å². The predicted molar refractivity (Wildman–Crippen MR) is 42.4 cm³/mol. The van der Waals surface area contributed by atoms with Crippen LogP contribution in [0.5, 0.6) is 0 Å². The number of piperidine rings is 1. The Balaban J connectivity index is 2.25. The summed E-state index contributed by atoms with van der Waals surface area (Å²) in [6, 6.07) is 0. The summed E-state index contributed by atoms with van der Waals surface area (Å²) < 4.78 is 0. The van der Waals surface area contributed by atoms with Crippen LogP contribution in [0.3, 0.4) is 0 Å². The lowest BCUT2D eigenvalue weighted by atomic mass is 9.99. The van der Waals surface area contributed by atoms with E-state index in [0.29, 0.717) is 12.6 Å². The van der Waals surface area contributed by atoms with Gasteiger partial charge in [-0.05, 0) is 31.8 Å². The molecule has 0 aliphatic carbocycles. The van der Waals surface area contributed by atoms with Gasteiger partial charge in [0.1, 0.15) is 0 Å². The quantitative estimate of drug-likeness (QED) is 0.551. The van der Waals surface area contributed by atoms with Gasteiger partial charge in [-0.15, -0.1) is 0 Å². The molecule has 1 aliphatic rings. The zero-order valence-electron chi connectivity index (χ0n) is 6.42. The standard InChI is InChI=1S/C7H17N3/c8-4-7-2-1-3-10(5-7)6-9/h7H,1-6,8-9H2. The first-order valence-electron chi connectivity index (χ1n) is 3.99. The Morgan fingerprint density at radius 3 is 2.80 bits per heavy atom. The molecule has 0 radical (unpaired) electrons. The minimum absolute atomic E-state index is 0.691. The number of nitrogens with zero attached hydrogens (tertiary/aromatic N) is 1. The van der Waals surface area contributed by atoms with E-state index in [1.165, 1.54) is 12.8 Å². The zero-order valence-corrected chi connectivity index (χ0v) is 6.42. The molecule has 0 saturated carbocycles. The smallest absolute Gasteiger partial charge is 0.0455 e. The van der Waals surface area contributed by atoms with Crippen molar-refractivity contribution in [2.45, 2.75) is 12.8 Å². The minimum atomic E-state index is 0.691. The topological polar surface area (TPSA) is 55.3 Å². The van der Waals surface area contributed by atoms with E-state index in [4.69, 9.17) is 11.5 Å². The van der Waals surface area contributed by atoms with Crippen LogP contribution in [0.2, 0.25) is 0 Å². The fraction of sp³-hybridized carbons (Fsp3) is 1.00. The zero-order chi connectivity index (χ0) is 7.40. The molecule has 1 heterocycles. The van der Waals surface area contributed by atoms with Gasteiger partial charge in [-0.3, -0.25) is 4.90 Å². The third-order valence-corrected chi connectivity index (χ3v) is 2.19. The van der Waals surface area contributed by atoms with Crippen molar-refractivity contribution in [1.82, 2.24) is 4.90 Å². The monoisotopic (exact) mass is 143 g/mol. The Labute approximate surface area is 62.4 Å². The van der Waals surface area contributed by atoms with E-state index in [1.807, 2.05) is 0 Å². The van der Waals surface area contributed by atoms with E-state index in [2.05, 4.69) is 4.90 Å². The van der Waals surface area contributed by atoms with Crippen LogP contribution in [0.25, 0.3) is 0 Å². The average Bonchev–Trinajstić information content (AvgIpc) is 2.05. The first-order chi connectivity index (χ1) is 4.86. The molecular weight excluding hydrogens is 126 g/mol. The Bertz CT molecular complexity index is 84.9. The largest absolute Gasteiger partial charge is 0.330 e. The van der Waals surface area contributed by atoms with Crippen molar-refractivity contribution in [1.29, 1.82) is 0 Å². The molecule has 1 unspecified atom stereocenters. The number of rotatable bonds is 2. The normalized spacial score (nSPS) is 28.8. The van der Waals surface area contributed by atoms with Gasteiger partial charge in [0.15, 0.2) is 0 Å². The van der Waals surface area contributed by atoms with Crippen molar-refractivity contribution in [3.63, 3.8) is 0 Å². The van der Waals surface area contributed by atoms with Gasteiger partial charge in [0.05, 0.1) is 0 Å². The molecule has 1 fully saturated rings. The molecule has 1 aliphatic heterocycles. The summed E-state index contributed by atoms with van der Waals surface area (Å²) in [5.74, 6) is 0.692. The van der Waals surface area contributed by atoms with Crippen molar-refractivity contribution >= 4 is 0 Å². The van der Waals surface area contributed by atoms with E-state index in [0.717, 1.165) is 19.6 Å². The van der Waals surface area contributed by atoms with E-state index in [1.54, 1.807) is 0 Å². The molecule has 0 aromatic carbocycles. The molecule has 0 bridgehead atoms.